The molecule has 0 aliphatic carbocycles. The smallest absolute Gasteiger partial charge is 0.257 e. The van der Waals surface area contributed by atoms with Gasteiger partial charge in [0.1, 0.15) is 5.75 Å². The Bertz CT molecular complexity index is 849. The van der Waals surface area contributed by atoms with Crippen molar-refractivity contribution in [1.82, 2.24) is 15.2 Å². The molecule has 0 atom stereocenters. The second-order valence-corrected chi connectivity index (χ2v) is 5.32. The van der Waals surface area contributed by atoms with E-state index in [-0.39, 0.29) is 5.91 Å². The van der Waals surface area contributed by atoms with Crippen molar-refractivity contribution in [3.63, 3.8) is 0 Å². The van der Waals surface area contributed by atoms with Crippen molar-refractivity contribution in [2.24, 2.45) is 0 Å². The largest absolute Gasteiger partial charge is 0.439 e. The lowest BCUT2D eigenvalue weighted by molar-refractivity contribution is 0.102. The number of ether oxygens (including phenoxy) is 1. The van der Waals surface area contributed by atoms with E-state index in [4.69, 9.17) is 4.74 Å². The highest BCUT2D eigenvalue weighted by Crippen LogP contribution is 2.23. The molecule has 0 radical (unpaired) electrons. The molecule has 6 nitrogen and oxygen atoms in total. The Morgan fingerprint density at radius 1 is 1.00 bits per heavy atom. The van der Waals surface area contributed by atoms with Crippen LogP contribution in [-0.4, -0.2) is 21.1 Å². The molecule has 2 heterocycles. The van der Waals surface area contributed by atoms with Crippen molar-refractivity contribution < 1.29 is 9.53 Å². The average molecular weight is 320 g/mol. The Morgan fingerprint density at radius 3 is 2.54 bits per heavy atom. The molecule has 0 saturated carbocycles. The number of benzene rings is 1. The molecule has 24 heavy (non-hydrogen) atoms. The molecule has 120 valence electrons. The van der Waals surface area contributed by atoms with Crippen LogP contribution in [0.15, 0.2) is 55.0 Å². The van der Waals surface area contributed by atoms with Gasteiger partial charge in [-0.05, 0) is 49.2 Å². The number of hydrogen-bond donors (Lipinski definition) is 1. The zero-order valence-electron chi connectivity index (χ0n) is 13.4. The molecule has 6 heteroatoms. The van der Waals surface area contributed by atoms with Gasteiger partial charge in [0.2, 0.25) is 5.88 Å². The second kappa shape index (κ2) is 6.87. The summed E-state index contributed by atoms with van der Waals surface area (Å²) in [5.41, 5.74) is 3.37. The van der Waals surface area contributed by atoms with E-state index < -0.39 is 0 Å². The number of aromatic nitrogens is 3. The molecule has 0 unspecified atom stereocenters. The van der Waals surface area contributed by atoms with Crippen molar-refractivity contribution >= 4 is 11.6 Å². The zero-order valence-corrected chi connectivity index (χ0v) is 13.4. The Labute approximate surface area is 139 Å². The first-order chi connectivity index (χ1) is 11.6. The van der Waals surface area contributed by atoms with E-state index >= 15 is 0 Å². The Balaban J connectivity index is 1.67. The third-order valence-corrected chi connectivity index (χ3v) is 3.54. The Hall–Kier alpha value is -3.28. The highest BCUT2D eigenvalue weighted by molar-refractivity contribution is 6.03. The van der Waals surface area contributed by atoms with E-state index in [1.165, 1.54) is 18.0 Å². The molecule has 2 aromatic heterocycles. The van der Waals surface area contributed by atoms with Crippen molar-refractivity contribution in [3.8, 4) is 11.6 Å². The van der Waals surface area contributed by atoms with Crippen LogP contribution in [0.3, 0.4) is 0 Å². The first kappa shape index (κ1) is 15.6. The van der Waals surface area contributed by atoms with E-state index in [2.05, 4.69) is 20.5 Å². The molecule has 0 aliphatic rings. The van der Waals surface area contributed by atoms with E-state index in [0.717, 1.165) is 11.3 Å². The highest BCUT2D eigenvalue weighted by Gasteiger charge is 2.07. The van der Waals surface area contributed by atoms with Crippen molar-refractivity contribution in [3.05, 3.63) is 71.7 Å². The number of carbonyl (C=O) groups is 1. The predicted molar refractivity (Wildman–Crippen MR) is 90.2 cm³/mol. The van der Waals surface area contributed by atoms with Crippen LogP contribution in [0.5, 0.6) is 11.6 Å². The third kappa shape index (κ3) is 3.73. The maximum atomic E-state index is 12.0. The summed E-state index contributed by atoms with van der Waals surface area (Å²) in [6, 6.07) is 10.9. The quantitative estimate of drug-likeness (QED) is 0.795. The molecule has 1 N–H and O–H groups in total. The number of aryl methyl sites for hydroxylation is 2. The number of amides is 1. The number of nitrogens with zero attached hydrogens (tertiary/aromatic N) is 3. The molecule has 0 fully saturated rings. The van der Waals surface area contributed by atoms with Gasteiger partial charge in [-0.25, -0.2) is 4.98 Å². The number of anilines is 1. The number of hydrogen-bond acceptors (Lipinski definition) is 5. The standard InChI is InChI=1S/C18H16N4O2/c1-12-3-5-16(9-13(12)2)24-17-6-4-15(11-19-17)22-18(23)14-7-8-20-21-10-14/h3-11H,1-2H3,(H,22,23). The SMILES string of the molecule is Cc1ccc(Oc2ccc(NC(=O)c3ccnnc3)cn2)cc1C. The second-order valence-electron chi connectivity index (χ2n) is 5.32. The van der Waals surface area contributed by atoms with Crippen molar-refractivity contribution in [1.29, 1.82) is 0 Å². The van der Waals surface area contributed by atoms with E-state index in [9.17, 15) is 4.79 Å². The molecule has 3 aromatic rings. The lowest BCUT2D eigenvalue weighted by Gasteiger charge is -2.08. The lowest BCUT2D eigenvalue weighted by Crippen LogP contribution is -2.12. The number of nitrogens with one attached hydrogen (secondary N) is 1. The fourth-order valence-electron chi connectivity index (χ4n) is 2.04. The van der Waals surface area contributed by atoms with Gasteiger partial charge in [0.25, 0.3) is 5.91 Å². The Kier molecular flexibility index (Phi) is 4.47. The molecule has 0 bridgehead atoms. The molecule has 1 aromatic carbocycles. The monoisotopic (exact) mass is 320 g/mol. The first-order valence-corrected chi connectivity index (χ1v) is 7.41. The van der Waals surface area contributed by atoms with E-state index in [1.54, 1.807) is 24.4 Å². The topological polar surface area (TPSA) is 77.0 Å². The van der Waals surface area contributed by atoms with Crippen LogP contribution >= 0.6 is 0 Å². The van der Waals surface area contributed by atoms with Crippen molar-refractivity contribution in [2.75, 3.05) is 5.32 Å². The summed E-state index contributed by atoms with van der Waals surface area (Å²) >= 11 is 0. The molecular weight excluding hydrogens is 304 g/mol. The highest BCUT2D eigenvalue weighted by atomic mass is 16.5. The van der Waals surface area contributed by atoms with Gasteiger partial charge >= 0.3 is 0 Å². The summed E-state index contributed by atoms with van der Waals surface area (Å²) < 4.78 is 5.72. The summed E-state index contributed by atoms with van der Waals surface area (Å²) in [5.74, 6) is 0.918. The van der Waals surface area contributed by atoms with Gasteiger partial charge in [-0.15, -0.1) is 0 Å². The van der Waals surface area contributed by atoms with Gasteiger partial charge < -0.3 is 10.1 Å². The van der Waals surface area contributed by atoms with Crippen LogP contribution < -0.4 is 10.1 Å². The van der Waals surface area contributed by atoms with Crippen LogP contribution in [0.25, 0.3) is 0 Å². The predicted octanol–water partition coefficient (Wildman–Crippen LogP) is 3.53. The van der Waals surface area contributed by atoms with Crippen LogP contribution in [0.1, 0.15) is 21.5 Å². The van der Waals surface area contributed by atoms with E-state index in [1.807, 2.05) is 32.0 Å². The number of rotatable bonds is 4. The maximum absolute atomic E-state index is 12.0. The van der Waals surface area contributed by atoms with Crippen LogP contribution in [0.4, 0.5) is 5.69 Å². The molecule has 0 spiro atoms. The fraction of sp³-hybridized carbons (Fsp3) is 0.111. The molecule has 3 rings (SSSR count). The third-order valence-electron chi connectivity index (χ3n) is 3.54. The first-order valence-electron chi connectivity index (χ1n) is 7.41. The van der Waals surface area contributed by atoms with Crippen LogP contribution in [0.2, 0.25) is 0 Å². The minimum Gasteiger partial charge on any atom is -0.439 e. The lowest BCUT2D eigenvalue weighted by atomic mass is 10.1. The average Bonchev–Trinajstić information content (AvgIpc) is 2.61. The normalized spacial score (nSPS) is 10.2. The summed E-state index contributed by atoms with van der Waals surface area (Å²) in [5, 5.41) is 10.1. The molecule has 1 amide bonds. The van der Waals surface area contributed by atoms with E-state index in [0.29, 0.717) is 17.1 Å². The minimum absolute atomic E-state index is 0.269. The minimum atomic E-state index is -0.269. The van der Waals surface area contributed by atoms with Crippen LogP contribution in [0, 0.1) is 13.8 Å². The van der Waals surface area contributed by atoms with Gasteiger partial charge in [-0.3, -0.25) is 4.79 Å². The van der Waals surface area contributed by atoms with Crippen LogP contribution in [-0.2, 0) is 0 Å². The summed E-state index contributed by atoms with van der Waals surface area (Å²) in [6.07, 6.45) is 4.41. The maximum Gasteiger partial charge on any atom is 0.257 e. The number of carbonyl (C=O) groups excluding carboxylic acids is 1. The summed E-state index contributed by atoms with van der Waals surface area (Å²) in [6.45, 7) is 4.08. The number of pyridine rings is 1. The van der Waals surface area contributed by atoms with Gasteiger partial charge in [0, 0.05) is 6.07 Å². The van der Waals surface area contributed by atoms with Gasteiger partial charge in [0.05, 0.1) is 29.8 Å². The van der Waals surface area contributed by atoms with Gasteiger partial charge in [0.15, 0.2) is 0 Å². The van der Waals surface area contributed by atoms with Crippen molar-refractivity contribution in [2.45, 2.75) is 13.8 Å². The summed E-state index contributed by atoms with van der Waals surface area (Å²) in [4.78, 5) is 16.2. The fourth-order valence-corrected chi connectivity index (χ4v) is 2.04. The van der Waals surface area contributed by atoms with Gasteiger partial charge in [-0.1, -0.05) is 6.07 Å². The molecule has 0 saturated heterocycles. The van der Waals surface area contributed by atoms with Gasteiger partial charge in [-0.2, -0.15) is 10.2 Å². The Morgan fingerprint density at radius 2 is 1.88 bits per heavy atom. The molecular formula is C18H16N4O2. The zero-order chi connectivity index (χ0) is 16.9. The molecule has 0 aliphatic heterocycles. The summed E-state index contributed by atoms with van der Waals surface area (Å²) in [7, 11) is 0.